The molecule has 0 N–H and O–H groups in total. The highest BCUT2D eigenvalue weighted by Gasteiger charge is 2.13. The third kappa shape index (κ3) is 2.54. The van der Waals surface area contributed by atoms with Crippen molar-refractivity contribution in [2.24, 2.45) is 0 Å². The van der Waals surface area contributed by atoms with E-state index in [2.05, 4.69) is 4.98 Å². The molecule has 0 radical (unpaired) electrons. The average molecular weight is 273 g/mol. The molecule has 1 aromatic heterocycles. The molecule has 0 spiro atoms. The minimum Gasteiger partial charge on any atom is -0.437 e. The van der Waals surface area contributed by atoms with Crippen molar-refractivity contribution in [2.45, 2.75) is 20.8 Å². The summed E-state index contributed by atoms with van der Waals surface area (Å²) in [6.45, 7) is 5.96. The molecule has 0 fully saturated rings. The molecule has 0 saturated carbocycles. The number of halogens is 1. The van der Waals surface area contributed by atoms with Gasteiger partial charge in [-0.2, -0.15) is 5.26 Å². The van der Waals surface area contributed by atoms with E-state index in [-0.39, 0.29) is 10.9 Å². The zero-order chi connectivity index (χ0) is 14.0. The number of pyridine rings is 1. The Morgan fingerprint density at radius 3 is 2.53 bits per heavy atom. The minimum absolute atomic E-state index is 0.241. The summed E-state index contributed by atoms with van der Waals surface area (Å²) in [5.41, 5.74) is 3.53. The van der Waals surface area contributed by atoms with Gasteiger partial charge in [-0.3, -0.25) is 0 Å². The van der Waals surface area contributed by atoms with Crippen molar-refractivity contribution in [2.75, 3.05) is 0 Å². The maximum Gasteiger partial charge on any atom is 0.239 e. The first-order chi connectivity index (χ1) is 9.04. The van der Waals surface area contributed by atoms with Gasteiger partial charge >= 0.3 is 0 Å². The van der Waals surface area contributed by atoms with E-state index in [1.807, 2.05) is 39.0 Å². The SMILES string of the molecule is Cc1ccc(C)c(Oc2nccc(C#N)c2Cl)c1C. The molecule has 0 aliphatic heterocycles. The lowest BCUT2D eigenvalue weighted by Gasteiger charge is -2.13. The van der Waals surface area contributed by atoms with Gasteiger partial charge in [0.05, 0.1) is 5.56 Å². The fraction of sp³-hybridized carbons (Fsp3) is 0.200. The Hall–Kier alpha value is -2.05. The third-order valence-corrected chi connectivity index (χ3v) is 3.42. The van der Waals surface area contributed by atoms with Crippen LogP contribution < -0.4 is 4.74 Å². The Bertz CT molecular complexity index is 675. The van der Waals surface area contributed by atoms with Gasteiger partial charge in [0.15, 0.2) is 0 Å². The molecule has 0 amide bonds. The number of ether oxygens (including phenoxy) is 1. The molecule has 19 heavy (non-hydrogen) atoms. The smallest absolute Gasteiger partial charge is 0.239 e. The van der Waals surface area contributed by atoms with Crippen LogP contribution in [-0.2, 0) is 0 Å². The molecule has 2 aromatic rings. The Morgan fingerprint density at radius 1 is 1.16 bits per heavy atom. The van der Waals surface area contributed by atoms with E-state index in [4.69, 9.17) is 21.6 Å². The Morgan fingerprint density at radius 2 is 1.84 bits per heavy atom. The molecule has 4 heteroatoms. The van der Waals surface area contributed by atoms with Crippen LogP contribution in [0.5, 0.6) is 11.6 Å². The van der Waals surface area contributed by atoms with E-state index in [0.717, 1.165) is 22.4 Å². The van der Waals surface area contributed by atoms with E-state index >= 15 is 0 Å². The van der Waals surface area contributed by atoms with E-state index < -0.39 is 0 Å². The lowest BCUT2D eigenvalue weighted by molar-refractivity contribution is 0.455. The number of hydrogen-bond donors (Lipinski definition) is 0. The largest absolute Gasteiger partial charge is 0.437 e. The van der Waals surface area contributed by atoms with Crippen molar-refractivity contribution in [1.82, 2.24) is 4.98 Å². The van der Waals surface area contributed by atoms with E-state index in [1.165, 1.54) is 6.20 Å². The topological polar surface area (TPSA) is 45.9 Å². The number of aryl methyl sites for hydroxylation is 2. The van der Waals surface area contributed by atoms with Gasteiger partial charge in [-0.15, -0.1) is 0 Å². The number of nitriles is 1. The molecule has 2 rings (SSSR count). The van der Waals surface area contributed by atoms with Crippen molar-refractivity contribution < 1.29 is 4.74 Å². The van der Waals surface area contributed by atoms with Gasteiger partial charge in [0.25, 0.3) is 0 Å². The molecular formula is C15H13ClN2O. The Kier molecular flexibility index (Phi) is 3.73. The summed E-state index contributed by atoms with van der Waals surface area (Å²) in [7, 11) is 0. The molecule has 0 aliphatic carbocycles. The van der Waals surface area contributed by atoms with Crippen LogP contribution in [0.15, 0.2) is 24.4 Å². The Labute approximate surface area is 117 Å². The van der Waals surface area contributed by atoms with Crippen molar-refractivity contribution in [3.05, 3.63) is 51.7 Å². The second kappa shape index (κ2) is 5.29. The quantitative estimate of drug-likeness (QED) is 0.818. The molecular weight excluding hydrogens is 260 g/mol. The van der Waals surface area contributed by atoms with Crippen molar-refractivity contribution in [3.63, 3.8) is 0 Å². The molecule has 1 heterocycles. The summed E-state index contributed by atoms with van der Waals surface area (Å²) >= 11 is 6.09. The van der Waals surface area contributed by atoms with Crippen molar-refractivity contribution in [3.8, 4) is 17.7 Å². The van der Waals surface area contributed by atoms with Crippen LogP contribution in [0.25, 0.3) is 0 Å². The number of aromatic nitrogens is 1. The fourth-order valence-corrected chi connectivity index (χ4v) is 1.95. The van der Waals surface area contributed by atoms with Gasteiger partial charge < -0.3 is 4.74 Å². The van der Waals surface area contributed by atoms with Crippen molar-refractivity contribution >= 4 is 11.6 Å². The maximum atomic E-state index is 8.94. The molecule has 0 saturated heterocycles. The van der Waals surface area contributed by atoms with Crippen molar-refractivity contribution in [1.29, 1.82) is 5.26 Å². The Balaban J connectivity index is 2.49. The second-order valence-corrected chi connectivity index (χ2v) is 4.72. The summed E-state index contributed by atoms with van der Waals surface area (Å²) in [5.74, 6) is 1.00. The molecule has 0 unspecified atom stereocenters. The van der Waals surface area contributed by atoms with E-state index in [9.17, 15) is 0 Å². The lowest BCUT2D eigenvalue weighted by Crippen LogP contribution is -1.96. The monoisotopic (exact) mass is 272 g/mol. The molecule has 3 nitrogen and oxygen atoms in total. The van der Waals surface area contributed by atoms with Crippen LogP contribution in [0, 0.1) is 32.1 Å². The van der Waals surface area contributed by atoms with Crippen LogP contribution in [0.3, 0.4) is 0 Å². The normalized spacial score (nSPS) is 10.1. The summed E-state index contributed by atoms with van der Waals surface area (Å²) in [6.07, 6.45) is 1.51. The molecule has 1 aromatic carbocycles. The third-order valence-electron chi connectivity index (χ3n) is 3.05. The zero-order valence-corrected chi connectivity index (χ0v) is 11.7. The number of hydrogen-bond acceptors (Lipinski definition) is 3. The maximum absolute atomic E-state index is 8.94. The summed E-state index contributed by atoms with van der Waals surface area (Å²) < 4.78 is 5.80. The predicted octanol–water partition coefficient (Wildman–Crippen LogP) is 4.32. The molecule has 0 atom stereocenters. The lowest BCUT2D eigenvalue weighted by atomic mass is 10.1. The first-order valence-electron chi connectivity index (χ1n) is 5.84. The summed E-state index contributed by atoms with van der Waals surface area (Å²) in [6, 6.07) is 7.60. The summed E-state index contributed by atoms with van der Waals surface area (Å²) in [5, 5.41) is 9.19. The van der Waals surface area contributed by atoms with Gasteiger partial charge in [0, 0.05) is 6.20 Å². The van der Waals surface area contributed by atoms with Crippen LogP contribution in [0.2, 0.25) is 5.02 Å². The number of rotatable bonds is 2. The standard InChI is InChI=1S/C15H13ClN2O/c1-9-4-5-10(2)14(11(9)3)19-15-13(16)12(8-17)6-7-18-15/h4-7H,1-3H3. The second-order valence-electron chi connectivity index (χ2n) is 4.34. The van der Waals surface area contributed by atoms with Gasteiger partial charge in [0.2, 0.25) is 5.88 Å². The van der Waals surface area contributed by atoms with E-state index in [0.29, 0.717) is 5.56 Å². The molecule has 0 bridgehead atoms. The number of nitrogens with zero attached hydrogens (tertiary/aromatic N) is 2. The highest BCUT2D eigenvalue weighted by molar-refractivity contribution is 6.33. The van der Waals surface area contributed by atoms with Crippen LogP contribution >= 0.6 is 11.6 Å². The average Bonchev–Trinajstić information content (AvgIpc) is 2.41. The fourth-order valence-electron chi connectivity index (χ4n) is 1.76. The van der Waals surface area contributed by atoms with Gasteiger partial charge in [0.1, 0.15) is 16.8 Å². The highest BCUT2D eigenvalue weighted by atomic mass is 35.5. The number of benzene rings is 1. The van der Waals surface area contributed by atoms with Gasteiger partial charge in [-0.05, 0) is 43.5 Å². The zero-order valence-electron chi connectivity index (χ0n) is 11.0. The predicted molar refractivity (Wildman–Crippen MR) is 74.7 cm³/mol. The van der Waals surface area contributed by atoms with Crippen LogP contribution in [0.1, 0.15) is 22.3 Å². The minimum atomic E-state index is 0.241. The van der Waals surface area contributed by atoms with Crippen LogP contribution in [-0.4, -0.2) is 4.98 Å². The highest BCUT2D eigenvalue weighted by Crippen LogP contribution is 2.34. The molecule has 96 valence electrons. The van der Waals surface area contributed by atoms with Gasteiger partial charge in [-0.1, -0.05) is 23.7 Å². The molecule has 0 aliphatic rings. The first-order valence-corrected chi connectivity index (χ1v) is 6.21. The summed E-state index contributed by atoms with van der Waals surface area (Å²) in [4.78, 5) is 4.09. The van der Waals surface area contributed by atoms with Gasteiger partial charge in [-0.25, -0.2) is 4.98 Å². The first kappa shape index (κ1) is 13.4. The van der Waals surface area contributed by atoms with Crippen LogP contribution in [0.4, 0.5) is 0 Å². The van der Waals surface area contributed by atoms with E-state index in [1.54, 1.807) is 6.07 Å².